The summed E-state index contributed by atoms with van der Waals surface area (Å²) in [4.78, 5) is 12.1. The van der Waals surface area contributed by atoms with Gasteiger partial charge in [0.05, 0.1) is 0 Å². The number of allylic oxidation sites excluding steroid dienone is 2. The largest absolute Gasteiger partial charge is 0.507 e. The van der Waals surface area contributed by atoms with Crippen molar-refractivity contribution in [2.75, 3.05) is 0 Å². The SMILES string of the molecule is CCCCCc1cc(O)c2c(c1C(=O)O)OC(C)(C)[C@@H]1CCC(C)=CC21. The van der Waals surface area contributed by atoms with Gasteiger partial charge in [-0.1, -0.05) is 31.4 Å². The second-order valence-electron chi connectivity index (χ2n) is 8.32. The first-order chi connectivity index (χ1) is 12.3. The van der Waals surface area contributed by atoms with Crippen molar-refractivity contribution >= 4 is 5.97 Å². The predicted molar refractivity (Wildman–Crippen MR) is 102 cm³/mol. The average molecular weight is 358 g/mol. The summed E-state index contributed by atoms with van der Waals surface area (Å²) in [5.74, 6) is -0.185. The molecule has 1 aromatic rings. The van der Waals surface area contributed by atoms with Gasteiger partial charge in [-0.15, -0.1) is 0 Å². The molecule has 142 valence electrons. The third-order valence-electron chi connectivity index (χ3n) is 5.98. The van der Waals surface area contributed by atoms with Crippen LogP contribution in [0.1, 0.15) is 87.2 Å². The van der Waals surface area contributed by atoms with Crippen LogP contribution in [0.5, 0.6) is 11.5 Å². The maximum Gasteiger partial charge on any atom is 0.339 e. The van der Waals surface area contributed by atoms with Crippen LogP contribution in [0.25, 0.3) is 0 Å². The maximum absolute atomic E-state index is 12.1. The van der Waals surface area contributed by atoms with E-state index in [1.807, 2.05) is 13.8 Å². The van der Waals surface area contributed by atoms with Crippen molar-refractivity contribution in [3.8, 4) is 11.5 Å². The summed E-state index contributed by atoms with van der Waals surface area (Å²) in [5, 5.41) is 20.7. The number of carbonyl (C=O) groups is 1. The molecular weight excluding hydrogens is 328 g/mol. The molecule has 2 N–H and O–H groups in total. The zero-order valence-electron chi connectivity index (χ0n) is 16.3. The highest BCUT2D eigenvalue weighted by atomic mass is 16.5. The molecule has 0 saturated carbocycles. The first kappa shape index (κ1) is 18.8. The van der Waals surface area contributed by atoms with E-state index >= 15 is 0 Å². The predicted octanol–water partition coefficient (Wildman–Crippen LogP) is 5.43. The van der Waals surface area contributed by atoms with Crippen molar-refractivity contribution < 1.29 is 19.7 Å². The van der Waals surface area contributed by atoms with Gasteiger partial charge in [-0.3, -0.25) is 0 Å². The normalized spacial score (nSPS) is 23.5. The number of aromatic carboxylic acids is 1. The molecule has 0 spiro atoms. The van der Waals surface area contributed by atoms with Gasteiger partial charge < -0.3 is 14.9 Å². The average Bonchev–Trinajstić information content (AvgIpc) is 2.53. The van der Waals surface area contributed by atoms with Gasteiger partial charge in [-0.25, -0.2) is 4.79 Å². The molecule has 0 aromatic heterocycles. The summed E-state index contributed by atoms with van der Waals surface area (Å²) in [6.45, 7) is 8.29. The van der Waals surface area contributed by atoms with Crippen LogP contribution < -0.4 is 4.74 Å². The number of unbranched alkanes of at least 4 members (excludes halogenated alkanes) is 2. The lowest BCUT2D eigenvalue weighted by atomic mass is 9.67. The third kappa shape index (κ3) is 3.22. The Bertz CT molecular complexity index is 745. The van der Waals surface area contributed by atoms with Gasteiger partial charge in [0.15, 0.2) is 0 Å². The summed E-state index contributed by atoms with van der Waals surface area (Å²) in [7, 11) is 0. The lowest BCUT2D eigenvalue weighted by molar-refractivity contribution is 0.00917. The van der Waals surface area contributed by atoms with E-state index in [2.05, 4.69) is 19.9 Å². The van der Waals surface area contributed by atoms with Crippen LogP contribution in [0, 0.1) is 5.92 Å². The number of phenols is 1. The number of carboxylic acids is 1. The number of carboxylic acid groups (broad SMARTS) is 1. The molecule has 4 heteroatoms. The molecule has 4 nitrogen and oxygen atoms in total. The van der Waals surface area contributed by atoms with Gasteiger partial charge in [0.1, 0.15) is 22.7 Å². The summed E-state index contributed by atoms with van der Waals surface area (Å²) in [6.07, 6.45) is 7.85. The van der Waals surface area contributed by atoms with Crippen LogP contribution in [-0.4, -0.2) is 21.8 Å². The van der Waals surface area contributed by atoms with Crippen molar-refractivity contribution in [2.45, 2.75) is 77.7 Å². The minimum Gasteiger partial charge on any atom is -0.507 e. The minimum atomic E-state index is -0.974. The molecule has 0 radical (unpaired) electrons. The first-order valence-corrected chi connectivity index (χ1v) is 9.74. The number of hydrogen-bond acceptors (Lipinski definition) is 3. The van der Waals surface area contributed by atoms with E-state index in [4.69, 9.17) is 4.74 Å². The molecule has 0 bridgehead atoms. The smallest absolute Gasteiger partial charge is 0.339 e. The van der Waals surface area contributed by atoms with Crippen LogP contribution in [0.2, 0.25) is 0 Å². The van der Waals surface area contributed by atoms with Crippen molar-refractivity contribution in [2.24, 2.45) is 5.92 Å². The fourth-order valence-corrected chi connectivity index (χ4v) is 4.61. The summed E-state index contributed by atoms with van der Waals surface area (Å²) in [6, 6.07) is 1.66. The number of aromatic hydroxyl groups is 1. The van der Waals surface area contributed by atoms with Crippen LogP contribution in [0.3, 0.4) is 0 Å². The molecule has 1 heterocycles. The van der Waals surface area contributed by atoms with Gasteiger partial charge >= 0.3 is 5.97 Å². The Morgan fingerprint density at radius 2 is 2.08 bits per heavy atom. The van der Waals surface area contributed by atoms with Gasteiger partial charge in [-0.05, 0) is 58.1 Å². The summed E-state index contributed by atoms with van der Waals surface area (Å²) in [5.41, 5.74) is 2.39. The number of hydrogen-bond donors (Lipinski definition) is 2. The Morgan fingerprint density at radius 1 is 1.35 bits per heavy atom. The van der Waals surface area contributed by atoms with Gasteiger partial charge in [0, 0.05) is 17.4 Å². The molecule has 2 atom stereocenters. The number of aryl methyl sites for hydroxylation is 1. The monoisotopic (exact) mass is 358 g/mol. The molecule has 2 aliphatic rings. The Labute approximate surface area is 155 Å². The van der Waals surface area contributed by atoms with E-state index in [1.165, 1.54) is 5.57 Å². The third-order valence-corrected chi connectivity index (χ3v) is 5.98. The maximum atomic E-state index is 12.1. The highest BCUT2D eigenvalue weighted by Crippen LogP contribution is 2.54. The summed E-state index contributed by atoms with van der Waals surface area (Å²) >= 11 is 0. The van der Waals surface area contributed by atoms with E-state index < -0.39 is 11.6 Å². The molecule has 1 aromatic carbocycles. The number of phenolic OH excluding ortho intramolecular Hbond substituents is 1. The Hall–Kier alpha value is -1.97. The molecule has 3 rings (SSSR count). The first-order valence-electron chi connectivity index (χ1n) is 9.74. The number of benzene rings is 1. The molecule has 1 aliphatic heterocycles. The molecule has 0 amide bonds. The van der Waals surface area contributed by atoms with Crippen molar-refractivity contribution in [1.29, 1.82) is 0 Å². The lowest BCUT2D eigenvalue weighted by Crippen LogP contribution is -2.45. The highest BCUT2D eigenvalue weighted by Gasteiger charge is 2.47. The molecule has 0 fully saturated rings. The molecule has 0 saturated heterocycles. The van der Waals surface area contributed by atoms with Crippen molar-refractivity contribution in [3.63, 3.8) is 0 Å². The standard InChI is InChI=1S/C22H30O4/c1-5-6-7-8-14-12-17(23)19-15-11-13(2)9-10-16(15)22(3,4)26-20(19)18(14)21(24)25/h11-12,15-16,23H,5-10H2,1-4H3,(H,24,25)/t15?,16-/m1/s1. The second kappa shape index (κ2) is 6.98. The fraction of sp³-hybridized carbons (Fsp3) is 0.591. The number of ether oxygens (including phenoxy) is 1. The van der Waals surface area contributed by atoms with Gasteiger partial charge in [0.2, 0.25) is 0 Å². The molecule has 26 heavy (non-hydrogen) atoms. The quantitative estimate of drug-likeness (QED) is 0.544. The van der Waals surface area contributed by atoms with Crippen molar-refractivity contribution in [3.05, 3.63) is 34.4 Å². The minimum absolute atomic E-state index is 0.00490. The van der Waals surface area contributed by atoms with E-state index in [-0.39, 0.29) is 23.1 Å². The molecule has 1 aliphatic carbocycles. The lowest BCUT2D eigenvalue weighted by Gasteiger charge is -2.47. The molecule has 1 unspecified atom stereocenters. The number of fused-ring (bicyclic) bond motifs is 3. The van der Waals surface area contributed by atoms with Gasteiger partial charge in [0.25, 0.3) is 0 Å². The van der Waals surface area contributed by atoms with Crippen LogP contribution in [-0.2, 0) is 6.42 Å². The van der Waals surface area contributed by atoms with E-state index in [0.717, 1.165) is 32.1 Å². The van der Waals surface area contributed by atoms with Gasteiger partial charge in [-0.2, -0.15) is 0 Å². The highest BCUT2D eigenvalue weighted by molar-refractivity contribution is 5.94. The summed E-state index contributed by atoms with van der Waals surface area (Å²) < 4.78 is 6.27. The fourth-order valence-electron chi connectivity index (χ4n) is 4.61. The number of rotatable bonds is 5. The van der Waals surface area contributed by atoms with Crippen LogP contribution in [0.15, 0.2) is 17.7 Å². The zero-order valence-corrected chi connectivity index (χ0v) is 16.3. The topological polar surface area (TPSA) is 66.8 Å². The van der Waals surface area contributed by atoms with E-state index in [9.17, 15) is 15.0 Å². The zero-order chi connectivity index (χ0) is 19.1. The Kier molecular flexibility index (Phi) is 5.05. The van der Waals surface area contributed by atoms with E-state index in [0.29, 0.717) is 23.3 Å². The van der Waals surface area contributed by atoms with Crippen LogP contribution in [0.4, 0.5) is 0 Å². The van der Waals surface area contributed by atoms with E-state index in [1.54, 1.807) is 6.07 Å². The second-order valence-corrected chi connectivity index (χ2v) is 8.32. The Balaban J connectivity index is 2.18. The molecular formula is C22H30O4. The Morgan fingerprint density at radius 3 is 2.73 bits per heavy atom. The van der Waals surface area contributed by atoms with Crippen molar-refractivity contribution in [1.82, 2.24) is 0 Å². The van der Waals surface area contributed by atoms with Crippen LogP contribution >= 0.6 is 0 Å².